The van der Waals surface area contributed by atoms with Crippen molar-refractivity contribution in [1.82, 2.24) is 19.2 Å². The van der Waals surface area contributed by atoms with Gasteiger partial charge in [0.05, 0.1) is 12.1 Å². The summed E-state index contributed by atoms with van der Waals surface area (Å²) >= 11 is 1.41. The number of nitrogens with one attached hydrogen (secondary N) is 1. The molecule has 0 saturated heterocycles. The van der Waals surface area contributed by atoms with E-state index in [-0.39, 0.29) is 17.9 Å². The van der Waals surface area contributed by atoms with E-state index in [2.05, 4.69) is 15.5 Å². The standard InChI is InChI=1S/C21H23N5O3S/c1-3-12-25-20(28)19-16(11-13-30-19)26-17(23-24-21(25)26)9-10-18(27)22-14-5-7-15(8-6-14)29-4-2/h5-8,11,13H,3-4,9-10,12H2,1-2H3,(H,22,27). The summed E-state index contributed by atoms with van der Waals surface area (Å²) in [6.45, 7) is 5.12. The second-order valence-corrected chi connectivity index (χ2v) is 7.77. The summed E-state index contributed by atoms with van der Waals surface area (Å²) in [7, 11) is 0. The van der Waals surface area contributed by atoms with E-state index in [4.69, 9.17) is 4.74 Å². The fraction of sp³-hybridized carbons (Fsp3) is 0.333. The highest BCUT2D eigenvalue weighted by Gasteiger charge is 2.17. The van der Waals surface area contributed by atoms with E-state index in [0.29, 0.717) is 41.6 Å². The van der Waals surface area contributed by atoms with Crippen molar-refractivity contribution < 1.29 is 9.53 Å². The van der Waals surface area contributed by atoms with Gasteiger partial charge in [-0.1, -0.05) is 6.92 Å². The first-order valence-electron chi connectivity index (χ1n) is 9.99. The minimum absolute atomic E-state index is 0.0402. The number of fused-ring (bicyclic) bond motifs is 3. The second-order valence-electron chi connectivity index (χ2n) is 6.85. The summed E-state index contributed by atoms with van der Waals surface area (Å²) in [5.74, 6) is 1.84. The van der Waals surface area contributed by atoms with Gasteiger partial charge in [0.25, 0.3) is 5.56 Å². The number of carbonyl (C=O) groups is 1. The number of nitrogens with zero attached hydrogens (tertiary/aromatic N) is 4. The Morgan fingerprint density at radius 3 is 2.70 bits per heavy atom. The van der Waals surface area contributed by atoms with E-state index in [1.807, 2.05) is 54.0 Å². The molecule has 0 spiro atoms. The number of thiophene rings is 1. The summed E-state index contributed by atoms with van der Waals surface area (Å²) in [5.41, 5.74) is 1.47. The first kappa shape index (κ1) is 20.1. The fourth-order valence-electron chi connectivity index (χ4n) is 3.42. The van der Waals surface area contributed by atoms with Gasteiger partial charge in [0, 0.05) is 25.1 Å². The molecule has 0 aliphatic carbocycles. The van der Waals surface area contributed by atoms with Gasteiger partial charge in [-0.3, -0.25) is 18.6 Å². The molecular weight excluding hydrogens is 402 g/mol. The van der Waals surface area contributed by atoms with Crippen molar-refractivity contribution in [2.45, 2.75) is 39.7 Å². The molecule has 0 radical (unpaired) electrons. The highest BCUT2D eigenvalue weighted by atomic mass is 32.1. The van der Waals surface area contributed by atoms with Gasteiger partial charge in [-0.15, -0.1) is 21.5 Å². The smallest absolute Gasteiger partial charge is 0.272 e. The number of hydrogen-bond donors (Lipinski definition) is 1. The van der Waals surface area contributed by atoms with Gasteiger partial charge in [-0.25, -0.2) is 0 Å². The molecule has 30 heavy (non-hydrogen) atoms. The van der Waals surface area contributed by atoms with Crippen molar-refractivity contribution in [1.29, 1.82) is 0 Å². The Hall–Kier alpha value is -3.20. The van der Waals surface area contributed by atoms with E-state index >= 15 is 0 Å². The van der Waals surface area contributed by atoms with E-state index in [0.717, 1.165) is 17.7 Å². The first-order chi connectivity index (χ1) is 14.6. The molecule has 4 rings (SSSR count). The molecule has 3 heterocycles. The quantitative estimate of drug-likeness (QED) is 0.467. The molecule has 4 aromatic rings. The van der Waals surface area contributed by atoms with Gasteiger partial charge in [0.1, 0.15) is 16.3 Å². The Morgan fingerprint density at radius 2 is 1.97 bits per heavy atom. The number of benzene rings is 1. The highest BCUT2D eigenvalue weighted by molar-refractivity contribution is 7.17. The van der Waals surface area contributed by atoms with Crippen LogP contribution in [0.2, 0.25) is 0 Å². The maximum atomic E-state index is 12.8. The average Bonchev–Trinajstić information content (AvgIpc) is 3.38. The lowest BCUT2D eigenvalue weighted by Gasteiger charge is -2.09. The molecule has 9 heteroatoms. The molecule has 1 aromatic carbocycles. The molecular formula is C21H23N5O3S. The number of carbonyl (C=O) groups excluding carboxylic acids is 1. The maximum Gasteiger partial charge on any atom is 0.272 e. The molecule has 8 nitrogen and oxygen atoms in total. The monoisotopic (exact) mass is 425 g/mol. The lowest BCUT2D eigenvalue weighted by Crippen LogP contribution is -2.22. The zero-order chi connectivity index (χ0) is 21.1. The molecule has 1 amide bonds. The van der Waals surface area contributed by atoms with Crippen molar-refractivity contribution in [2.24, 2.45) is 0 Å². The van der Waals surface area contributed by atoms with Crippen LogP contribution in [0.5, 0.6) is 5.75 Å². The molecule has 0 aliphatic rings. The summed E-state index contributed by atoms with van der Waals surface area (Å²) in [6.07, 6.45) is 1.49. The van der Waals surface area contributed by atoms with Crippen molar-refractivity contribution in [3.63, 3.8) is 0 Å². The number of amides is 1. The number of anilines is 1. The summed E-state index contributed by atoms with van der Waals surface area (Å²) in [4.78, 5) is 25.2. The molecule has 0 saturated carbocycles. The van der Waals surface area contributed by atoms with E-state index in [1.165, 1.54) is 11.3 Å². The van der Waals surface area contributed by atoms with Gasteiger partial charge >= 0.3 is 0 Å². The Balaban J connectivity index is 1.54. The van der Waals surface area contributed by atoms with Gasteiger partial charge in [0.2, 0.25) is 11.7 Å². The van der Waals surface area contributed by atoms with E-state index in [9.17, 15) is 9.59 Å². The lowest BCUT2D eigenvalue weighted by molar-refractivity contribution is -0.116. The number of ether oxygens (including phenoxy) is 1. The minimum atomic E-state index is -0.112. The van der Waals surface area contributed by atoms with Crippen LogP contribution in [-0.2, 0) is 17.8 Å². The van der Waals surface area contributed by atoms with Crippen LogP contribution in [-0.4, -0.2) is 31.7 Å². The third kappa shape index (κ3) is 3.80. The van der Waals surface area contributed by atoms with Gasteiger partial charge in [-0.2, -0.15) is 0 Å². The van der Waals surface area contributed by atoms with Gasteiger partial charge in [-0.05, 0) is 49.1 Å². The average molecular weight is 426 g/mol. The fourth-order valence-corrected chi connectivity index (χ4v) is 4.24. The molecule has 0 aliphatic heterocycles. The van der Waals surface area contributed by atoms with Crippen LogP contribution in [0.15, 0.2) is 40.5 Å². The van der Waals surface area contributed by atoms with Crippen LogP contribution in [0, 0.1) is 0 Å². The van der Waals surface area contributed by atoms with E-state index < -0.39 is 0 Å². The number of aromatic nitrogens is 4. The van der Waals surface area contributed by atoms with Crippen LogP contribution in [0.1, 0.15) is 32.5 Å². The zero-order valence-electron chi connectivity index (χ0n) is 16.9. The third-order valence-corrected chi connectivity index (χ3v) is 5.64. The SMILES string of the molecule is CCCn1c(=O)c2sccc2n2c(CCC(=O)Nc3ccc(OCC)cc3)nnc12. The van der Waals surface area contributed by atoms with Crippen molar-refractivity contribution in [3.05, 3.63) is 51.9 Å². The van der Waals surface area contributed by atoms with Crippen LogP contribution < -0.4 is 15.6 Å². The minimum Gasteiger partial charge on any atom is -0.494 e. The Labute approximate surface area is 177 Å². The van der Waals surface area contributed by atoms with Gasteiger partial charge in [0.15, 0.2) is 0 Å². The summed E-state index contributed by atoms with van der Waals surface area (Å²) in [5, 5.41) is 13.3. The lowest BCUT2D eigenvalue weighted by atomic mass is 10.2. The summed E-state index contributed by atoms with van der Waals surface area (Å²) in [6, 6.07) is 9.18. The Bertz CT molecular complexity index is 1240. The second kappa shape index (κ2) is 8.66. The highest BCUT2D eigenvalue weighted by Crippen LogP contribution is 2.21. The molecule has 3 aromatic heterocycles. The Morgan fingerprint density at radius 1 is 1.17 bits per heavy atom. The van der Waals surface area contributed by atoms with Gasteiger partial charge < -0.3 is 10.1 Å². The molecule has 0 unspecified atom stereocenters. The predicted octanol–water partition coefficient (Wildman–Crippen LogP) is 3.49. The third-order valence-electron chi connectivity index (χ3n) is 4.75. The number of aryl methyl sites for hydroxylation is 2. The molecule has 0 fully saturated rings. The van der Waals surface area contributed by atoms with Crippen LogP contribution in [0.25, 0.3) is 16.0 Å². The summed E-state index contributed by atoms with van der Waals surface area (Å²) < 4.78 is 9.65. The van der Waals surface area contributed by atoms with E-state index in [1.54, 1.807) is 4.57 Å². The molecule has 0 atom stereocenters. The van der Waals surface area contributed by atoms with Crippen molar-refractivity contribution in [3.8, 4) is 5.75 Å². The van der Waals surface area contributed by atoms with Crippen LogP contribution in [0.4, 0.5) is 5.69 Å². The number of rotatable bonds is 8. The largest absolute Gasteiger partial charge is 0.494 e. The first-order valence-corrected chi connectivity index (χ1v) is 10.9. The molecule has 1 N–H and O–H groups in total. The normalized spacial score (nSPS) is 11.3. The maximum absolute atomic E-state index is 12.8. The topological polar surface area (TPSA) is 90.5 Å². The van der Waals surface area contributed by atoms with Crippen LogP contribution in [0.3, 0.4) is 0 Å². The molecule has 0 bridgehead atoms. The van der Waals surface area contributed by atoms with Crippen molar-refractivity contribution >= 4 is 38.9 Å². The predicted molar refractivity (Wildman–Crippen MR) is 117 cm³/mol. The Kier molecular flexibility index (Phi) is 5.80. The van der Waals surface area contributed by atoms with Crippen molar-refractivity contribution in [2.75, 3.05) is 11.9 Å². The van der Waals surface area contributed by atoms with Crippen LogP contribution >= 0.6 is 11.3 Å². The molecule has 156 valence electrons. The zero-order valence-corrected chi connectivity index (χ0v) is 17.7. The number of hydrogen-bond acceptors (Lipinski definition) is 6.